The van der Waals surface area contributed by atoms with E-state index in [4.69, 9.17) is 4.18 Å². The quantitative estimate of drug-likeness (QED) is 0.662. The molecule has 0 spiro atoms. The molecule has 0 aliphatic carbocycles. The number of anilines is 1. The predicted molar refractivity (Wildman–Crippen MR) is 110 cm³/mol. The van der Waals surface area contributed by atoms with Gasteiger partial charge in [-0.2, -0.15) is 12.7 Å². The maximum Gasteiger partial charge on any atom is 0.298 e. The minimum absolute atomic E-state index is 0.0340. The van der Waals surface area contributed by atoms with Gasteiger partial charge >= 0.3 is 0 Å². The molecule has 162 valence electrons. The fourth-order valence-electron chi connectivity index (χ4n) is 3.91. The predicted octanol–water partition coefficient (Wildman–Crippen LogP) is 2.20. The van der Waals surface area contributed by atoms with E-state index in [1.54, 1.807) is 31.2 Å². The fraction of sp³-hybridized carbons (Fsp3) is 0.400. The lowest BCUT2D eigenvalue weighted by Gasteiger charge is -2.38. The van der Waals surface area contributed by atoms with Crippen molar-refractivity contribution >= 4 is 25.8 Å². The number of hydrogen-bond donors (Lipinski definition) is 0. The fourth-order valence-corrected chi connectivity index (χ4v) is 7.36. The van der Waals surface area contributed by atoms with E-state index in [9.17, 15) is 21.2 Å². The second kappa shape index (κ2) is 7.92. The molecule has 1 fully saturated rings. The highest BCUT2D eigenvalue weighted by atomic mass is 32.2. The molecule has 2 bridgehead atoms. The number of piperazine rings is 1. The van der Waals surface area contributed by atoms with Crippen molar-refractivity contribution in [1.29, 1.82) is 0 Å². The van der Waals surface area contributed by atoms with Crippen molar-refractivity contribution in [3.05, 3.63) is 59.9 Å². The van der Waals surface area contributed by atoms with Crippen LogP contribution in [0.25, 0.3) is 0 Å². The third kappa shape index (κ3) is 4.09. The SMILES string of the molecule is CC1Cc2cccc(c2)S(=O)(=O)OC1S(=O)(=O)N1CCN(c2ccc(F)cc2)CC1. The van der Waals surface area contributed by atoms with E-state index in [1.807, 2.05) is 4.90 Å². The normalized spacial score (nSPS) is 24.8. The van der Waals surface area contributed by atoms with Crippen LogP contribution in [0, 0.1) is 11.7 Å². The third-order valence-corrected chi connectivity index (χ3v) is 9.16. The van der Waals surface area contributed by atoms with Crippen molar-refractivity contribution in [2.75, 3.05) is 31.1 Å². The number of hydrogen-bond acceptors (Lipinski definition) is 6. The first kappa shape index (κ1) is 21.2. The summed E-state index contributed by atoms with van der Waals surface area (Å²) in [5, 5.41) is 0. The van der Waals surface area contributed by atoms with Gasteiger partial charge in [0, 0.05) is 37.8 Å². The summed E-state index contributed by atoms with van der Waals surface area (Å²) in [6, 6.07) is 12.4. The van der Waals surface area contributed by atoms with Crippen LogP contribution in [-0.4, -0.2) is 52.8 Å². The molecular formula is C20H23FN2O5S2. The summed E-state index contributed by atoms with van der Waals surface area (Å²) in [7, 11) is -8.22. The van der Waals surface area contributed by atoms with Crippen molar-refractivity contribution in [1.82, 2.24) is 4.31 Å². The summed E-state index contributed by atoms with van der Waals surface area (Å²) in [4.78, 5) is 1.93. The van der Waals surface area contributed by atoms with Crippen molar-refractivity contribution in [3.8, 4) is 0 Å². The Morgan fingerprint density at radius 2 is 1.70 bits per heavy atom. The van der Waals surface area contributed by atoms with Crippen LogP contribution < -0.4 is 4.90 Å². The van der Waals surface area contributed by atoms with Crippen LogP contribution in [0.15, 0.2) is 53.4 Å². The molecule has 2 heterocycles. The van der Waals surface area contributed by atoms with Gasteiger partial charge in [0.2, 0.25) is 10.0 Å². The summed E-state index contributed by atoms with van der Waals surface area (Å²) in [5.41, 5.74) is 0.0803. The van der Waals surface area contributed by atoms with Crippen LogP contribution in [0.3, 0.4) is 0 Å². The minimum Gasteiger partial charge on any atom is -0.369 e. The van der Waals surface area contributed by atoms with Gasteiger partial charge in [-0.1, -0.05) is 19.1 Å². The molecule has 0 aromatic heterocycles. The van der Waals surface area contributed by atoms with Crippen LogP contribution in [0.4, 0.5) is 10.1 Å². The van der Waals surface area contributed by atoms with Gasteiger partial charge in [0.1, 0.15) is 5.82 Å². The van der Waals surface area contributed by atoms with E-state index in [1.165, 1.54) is 28.6 Å². The van der Waals surface area contributed by atoms with E-state index in [-0.39, 0.29) is 23.8 Å². The molecule has 0 radical (unpaired) electrons. The first-order valence-corrected chi connectivity index (χ1v) is 12.6. The Hall–Kier alpha value is -2.01. The Morgan fingerprint density at radius 3 is 2.37 bits per heavy atom. The van der Waals surface area contributed by atoms with E-state index >= 15 is 0 Å². The molecule has 2 atom stereocenters. The zero-order chi connectivity index (χ0) is 21.5. The van der Waals surface area contributed by atoms with Crippen molar-refractivity contribution < 1.29 is 25.4 Å². The van der Waals surface area contributed by atoms with E-state index < -0.39 is 31.5 Å². The minimum atomic E-state index is -4.20. The van der Waals surface area contributed by atoms with Crippen molar-refractivity contribution in [2.45, 2.75) is 23.7 Å². The molecule has 0 amide bonds. The molecule has 2 aromatic carbocycles. The summed E-state index contributed by atoms with van der Waals surface area (Å²) in [5.74, 6) is -0.878. The number of halogens is 1. The van der Waals surface area contributed by atoms with Gasteiger partial charge in [-0.15, -0.1) is 0 Å². The average molecular weight is 455 g/mol. The molecule has 1 saturated heterocycles. The van der Waals surface area contributed by atoms with E-state index in [0.29, 0.717) is 19.5 Å². The number of nitrogens with zero attached hydrogens (tertiary/aromatic N) is 2. The molecule has 2 aromatic rings. The Labute approximate surface area is 176 Å². The Bertz CT molecular complexity index is 1130. The zero-order valence-electron chi connectivity index (χ0n) is 16.4. The summed E-state index contributed by atoms with van der Waals surface area (Å²) in [6.07, 6.45) is 0.392. The van der Waals surface area contributed by atoms with Gasteiger partial charge in [-0.25, -0.2) is 17.0 Å². The van der Waals surface area contributed by atoms with Crippen LogP contribution in [0.2, 0.25) is 0 Å². The monoisotopic (exact) mass is 454 g/mol. The molecule has 0 N–H and O–H groups in total. The standard InChI is InChI=1S/C20H23FN2O5S2/c1-15-13-16-3-2-4-19(14-16)30(26,27)28-20(15)29(24,25)23-11-9-22(10-12-23)18-7-5-17(21)6-8-18/h2-8,14-15,20H,9-13H2,1H3. The van der Waals surface area contributed by atoms with Crippen LogP contribution >= 0.6 is 0 Å². The molecule has 4 rings (SSSR count). The van der Waals surface area contributed by atoms with Crippen LogP contribution in [0.1, 0.15) is 12.5 Å². The molecule has 30 heavy (non-hydrogen) atoms. The first-order valence-electron chi connectivity index (χ1n) is 9.68. The maximum absolute atomic E-state index is 13.3. The molecule has 2 aliphatic heterocycles. The largest absolute Gasteiger partial charge is 0.369 e. The molecule has 7 nitrogen and oxygen atoms in total. The maximum atomic E-state index is 13.3. The van der Waals surface area contributed by atoms with Gasteiger partial charge in [0.25, 0.3) is 10.1 Å². The topological polar surface area (TPSA) is 84.0 Å². The zero-order valence-corrected chi connectivity index (χ0v) is 18.1. The second-order valence-electron chi connectivity index (χ2n) is 7.66. The Kier molecular flexibility index (Phi) is 5.60. The molecule has 10 heteroatoms. The number of rotatable bonds is 3. The van der Waals surface area contributed by atoms with Gasteiger partial charge in [0.05, 0.1) is 4.90 Å². The summed E-state index contributed by atoms with van der Waals surface area (Å²) < 4.78 is 71.6. The number of fused-ring (bicyclic) bond motifs is 2. The smallest absolute Gasteiger partial charge is 0.298 e. The van der Waals surface area contributed by atoms with E-state index in [0.717, 1.165) is 11.3 Å². The van der Waals surface area contributed by atoms with Gasteiger partial charge in [-0.3, -0.25) is 0 Å². The molecular weight excluding hydrogens is 431 g/mol. The Balaban J connectivity index is 1.54. The lowest BCUT2D eigenvalue weighted by molar-refractivity contribution is 0.204. The first-order chi connectivity index (χ1) is 14.2. The highest BCUT2D eigenvalue weighted by Gasteiger charge is 2.42. The van der Waals surface area contributed by atoms with Gasteiger partial charge in [0.15, 0.2) is 5.44 Å². The van der Waals surface area contributed by atoms with Crippen molar-refractivity contribution in [3.63, 3.8) is 0 Å². The van der Waals surface area contributed by atoms with Crippen molar-refractivity contribution in [2.24, 2.45) is 5.92 Å². The summed E-state index contributed by atoms with van der Waals surface area (Å²) >= 11 is 0. The van der Waals surface area contributed by atoms with Gasteiger partial charge < -0.3 is 4.90 Å². The number of sulfonamides is 1. The third-order valence-electron chi connectivity index (χ3n) is 5.51. The highest BCUT2D eigenvalue weighted by molar-refractivity contribution is 7.91. The summed E-state index contributed by atoms with van der Waals surface area (Å²) in [6.45, 7) is 2.90. The lowest BCUT2D eigenvalue weighted by atomic mass is 10.0. The lowest BCUT2D eigenvalue weighted by Crippen LogP contribution is -2.53. The Morgan fingerprint density at radius 1 is 1.03 bits per heavy atom. The molecule has 0 saturated carbocycles. The van der Waals surface area contributed by atoms with E-state index in [2.05, 4.69) is 0 Å². The second-order valence-corrected chi connectivity index (χ2v) is 11.2. The number of benzene rings is 2. The highest BCUT2D eigenvalue weighted by Crippen LogP contribution is 2.30. The van der Waals surface area contributed by atoms with Crippen LogP contribution in [0.5, 0.6) is 0 Å². The average Bonchev–Trinajstić information content (AvgIpc) is 2.72. The van der Waals surface area contributed by atoms with Gasteiger partial charge in [-0.05, 0) is 48.4 Å². The van der Waals surface area contributed by atoms with Crippen LogP contribution in [-0.2, 0) is 30.7 Å². The molecule has 2 unspecified atom stereocenters. The molecule has 2 aliphatic rings.